The summed E-state index contributed by atoms with van der Waals surface area (Å²) in [5.74, 6) is -4.04. The van der Waals surface area contributed by atoms with Gasteiger partial charge in [-0.15, -0.1) is 0 Å². The molecule has 7 nitrogen and oxygen atoms in total. The zero-order valence-corrected chi connectivity index (χ0v) is 35.0. The fourth-order valence-electron chi connectivity index (χ4n) is 8.07. The summed E-state index contributed by atoms with van der Waals surface area (Å²) in [7, 11) is 3.47. The van der Waals surface area contributed by atoms with Crippen LogP contribution in [0, 0.1) is 10.8 Å². The van der Waals surface area contributed by atoms with Crippen LogP contribution in [0.4, 0.5) is 22.0 Å². The molecule has 3 aromatic carbocycles. The van der Waals surface area contributed by atoms with Crippen LogP contribution in [0.3, 0.4) is 0 Å². The topological polar surface area (TPSA) is 74.3 Å². The Kier molecular flexibility index (Phi) is 17.7. The number of hydrogen-bond acceptors (Lipinski definition) is 6. The molecule has 0 aliphatic carbocycles. The maximum absolute atomic E-state index is 14.0. The second-order valence-corrected chi connectivity index (χ2v) is 15.9. The van der Waals surface area contributed by atoms with Crippen LogP contribution < -0.4 is 14.8 Å². The predicted molar refractivity (Wildman–Crippen MR) is 221 cm³/mol. The monoisotopic (exact) mass is 805 g/mol. The Morgan fingerprint density at radius 2 is 1.44 bits per heavy atom. The summed E-state index contributed by atoms with van der Waals surface area (Å²) in [6, 6.07) is 17.4. The van der Waals surface area contributed by atoms with Crippen molar-refractivity contribution >= 4 is 17.2 Å². The van der Waals surface area contributed by atoms with Crippen molar-refractivity contribution < 1.29 is 41.3 Å². The standard InChI is InChI=1S/C30H38FNO2.C14H24F4N2.CH2O2/c1-5-8-23-9-6-11-25-24(23)10-7-12-26(25)29-27(33-3)19-22(20-28(29)34-4)13-16-32-17-14-30(2,21-31)15-18-32;1-5-19-11(2)14(13(4,17)18)6-8-20(9-7-14)10-12(3,15)16;2-1-3/h6-7,9-12,19-20H,5,8,13-18,21H2,1-4H3;19H,2,5-10H2,1,3-4H3;1H,(H,2,3). The van der Waals surface area contributed by atoms with Gasteiger partial charge in [-0.25, -0.2) is 17.6 Å². The fourth-order valence-corrected chi connectivity index (χ4v) is 8.07. The highest BCUT2D eigenvalue weighted by atomic mass is 19.3. The van der Waals surface area contributed by atoms with Crippen LogP contribution in [0.15, 0.2) is 60.8 Å². The lowest BCUT2D eigenvalue weighted by Gasteiger charge is -2.46. The van der Waals surface area contributed by atoms with Gasteiger partial charge < -0.3 is 24.8 Å². The van der Waals surface area contributed by atoms with E-state index in [1.807, 2.05) is 6.92 Å². The number of piperidine rings is 2. The number of nitrogens with one attached hydrogen (secondary N) is 1. The number of likely N-dealkylation sites (tertiary alicyclic amines) is 2. The van der Waals surface area contributed by atoms with Crippen molar-refractivity contribution in [3.8, 4) is 22.6 Å². The van der Waals surface area contributed by atoms with Crippen LogP contribution in [0.1, 0.15) is 77.8 Å². The van der Waals surface area contributed by atoms with Crippen molar-refractivity contribution in [2.24, 2.45) is 10.8 Å². The van der Waals surface area contributed by atoms with Crippen LogP contribution in [-0.4, -0.2) is 99.9 Å². The van der Waals surface area contributed by atoms with Gasteiger partial charge in [0.05, 0.1) is 38.4 Å². The maximum Gasteiger partial charge on any atom is 0.290 e. The van der Waals surface area contributed by atoms with E-state index < -0.39 is 17.3 Å². The Morgan fingerprint density at radius 3 is 1.93 bits per heavy atom. The van der Waals surface area contributed by atoms with E-state index >= 15 is 0 Å². The number of fused-ring (bicyclic) bond motifs is 1. The summed E-state index contributed by atoms with van der Waals surface area (Å²) in [5, 5.41) is 12.3. The summed E-state index contributed by atoms with van der Waals surface area (Å²) in [5.41, 5.74) is 3.55. The average Bonchev–Trinajstić information content (AvgIpc) is 3.17. The number of hydrogen-bond donors (Lipinski definition) is 2. The minimum Gasteiger partial charge on any atom is -0.496 e. The molecule has 2 aliphatic rings. The molecule has 3 aromatic rings. The number of halogens is 5. The van der Waals surface area contributed by atoms with Gasteiger partial charge in [-0.05, 0) is 117 Å². The second-order valence-electron chi connectivity index (χ2n) is 15.9. The van der Waals surface area contributed by atoms with Crippen molar-refractivity contribution in [2.45, 2.75) is 91.4 Å². The minimum absolute atomic E-state index is 0.137. The van der Waals surface area contributed by atoms with E-state index in [4.69, 9.17) is 19.4 Å². The molecule has 57 heavy (non-hydrogen) atoms. The van der Waals surface area contributed by atoms with Crippen molar-refractivity contribution in [3.63, 3.8) is 0 Å². The van der Waals surface area contributed by atoms with Gasteiger partial charge >= 0.3 is 0 Å². The smallest absolute Gasteiger partial charge is 0.290 e. The number of methoxy groups -OCH3 is 2. The third-order valence-electron chi connectivity index (χ3n) is 11.5. The van der Waals surface area contributed by atoms with Crippen molar-refractivity contribution in [1.82, 2.24) is 15.1 Å². The lowest BCUT2D eigenvalue weighted by molar-refractivity contribution is -0.123. The van der Waals surface area contributed by atoms with Crippen molar-refractivity contribution in [1.29, 1.82) is 0 Å². The average molecular weight is 806 g/mol. The van der Waals surface area contributed by atoms with E-state index in [1.54, 1.807) is 19.1 Å². The molecule has 0 amide bonds. The number of carboxylic acid groups (broad SMARTS) is 1. The van der Waals surface area contributed by atoms with Gasteiger partial charge in [0.25, 0.3) is 18.3 Å². The van der Waals surface area contributed by atoms with Gasteiger partial charge in [0.1, 0.15) is 11.5 Å². The van der Waals surface area contributed by atoms with Crippen LogP contribution in [0.2, 0.25) is 0 Å². The summed E-state index contributed by atoms with van der Waals surface area (Å²) >= 11 is 0. The number of alkyl halides is 5. The van der Waals surface area contributed by atoms with E-state index in [1.165, 1.54) is 21.9 Å². The van der Waals surface area contributed by atoms with Gasteiger partial charge in [-0.3, -0.25) is 14.1 Å². The van der Waals surface area contributed by atoms with Crippen LogP contribution in [0.5, 0.6) is 11.5 Å². The second kappa shape index (κ2) is 21.2. The van der Waals surface area contributed by atoms with Gasteiger partial charge in [-0.2, -0.15) is 0 Å². The Morgan fingerprint density at radius 1 is 0.895 bits per heavy atom. The SMILES string of the molecule is C=C(NCC)C1(C(C)(F)F)CCN(CC(C)(F)F)CC1.CCCc1cccc2c(-c3c(OC)cc(CCN4CCC(C)(CF)CC4)cc3OC)cccc12.O=CO. The zero-order valence-electron chi connectivity index (χ0n) is 35.0. The molecule has 2 N–H and O–H groups in total. The van der Waals surface area contributed by atoms with E-state index in [0.29, 0.717) is 12.2 Å². The quantitative estimate of drug-likeness (QED) is 0.117. The van der Waals surface area contributed by atoms with E-state index in [9.17, 15) is 22.0 Å². The molecule has 0 atom stereocenters. The number of ether oxygens (including phenoxy) is 2. The molecule has 2 aliphatic heterocycles. The predicted octanol–water partition coefficient (Wildman–Crippen LogP) is 10.3. The van der Waals surface area contributed by atoms with Crippen LogP contribution in [0.25, 0.3) is 21.9 Å². The van der Waals surface area contributed by atoms with Gasteiger partial charge in [-0.1, -0.05) is 63.2 Å². The van der Waals surface area contributed by atoms with Crippen LogP contribution in [-0.2, 0) is 17.6 Å². The molecule has 0 unspecified atom stereocenters. The Bertz CT molecular complexity index is 1700. The van der Waals surface area contributed by atoms with Gasteiger partial charge in [0, 0.05) is 32.6 Å². The largest absolute Gasteiger partial charge is 0.496 e. The number of aryl methyl sites for hydroxylation is 1. The lowest BCUT2D eigenvalue weighted by atomic mass is 9.71. The van der Waals surface area contributed by atoms with Crippen molar-refractivity contribution in [2.75, 3.05) is 66.7 Å². The first-order valence-corrected chi connectivity index (χ1v) is 20.0. The molecule has 12 heteroatoms. The molecular formula is C45H64F5N3O4. The Labute approximate surface area is 336 Å². The van der Waals surface area contributed by atoms with E-state index in [2.05, 4.69) is 79.2 Å². The number of rotatable bonds is 15. The zero-order chi connectivity index (χ0) is 42.4. The fraction of sp³-hybridized carbons (Fsp3) is 0.578. The van der Waals surface area contributed by atoms with Gasteiger partial charge in [0.2, 0.25) is 0 Å². The maximum atomic E-state index is 14.0. The summed E-state index contributed by atoms with van der Waals surface area (Å²) in [4.78, 5) is 12.4. The third kappa shape index (κ3) is 12.5. The van der Waals surface area contributed by atoms with E-state index in [-0.39, 0.29) is 51.0 Å². The Balaban J connectivity index is 0.000000322. The highest BCUT2D eigenvalue weighted by Gasteiger charge is 2.53. The molecule has 0 spiro atoms. The molecule has 2 fully saturated rings. The molecule has 5 rings (SSSR count). The molecular weight excluding hydrogens is 742 g/mol. The summed E-state index contributed by atoms with van der Waals surface area (Å²) in [6.07, 6.45) is 5.22. The number of carbonyl (C=O) groups is 1. The third-order valence-corrected chi connectivity index (χ3v) is 11.5. The van der Waals surface area contributed by atoms with Crippen LogP contribution >= 0.6 is 0 Å². The molecule has 0 radical (unpaired) electrons. The molecule has 0 aromatic heterocycles. The molecule has 0 bridgehead atoms. The lowest BCUT2D eigenvalue weighted by Crippen LogP contribution is -2.53. The van der Waals surface area contributed by atoms with E-state index in [0.717, 1.165) is 88.2 Å². The summed E-state index contributed by atoms with van der Waals surface area (Å²) in [6.45, 7) is 14.6. The number of benzene rings is 3. The van der Waals surface area contributed by atoms with Crippen molar-refractivity contribution in [3.05, 3.63) is 71.9 Å². The number of nitrogens with zero attached hydrogens (tertiary/aromatic N) is 2. The first-order valence-electron chi connectivity index (χ1n) is 20.0. The molecule has 2 saturated heterocycles. The Hall–Kier alpha value is -3.90. The number of allylic oxidation sites excluding steroid dienone is 1. The molecule has 2 heterocycles. The summed E-state index contributed by atoms with van der Waals surface area (Å²) < 4.78 is 79.2. The molecule has 318 valence electrons. The normalized spacial score (nSPS) is 17.1. The first kappa shape index (κ1) is 47.5. The minimum atomic E-state index is -2.92. The molecule has 0 saturated carbocycles. The van der Waals surface area contributed by atoms with Gasteiger partial charge in [0.15, 0.2) is 0 Å². The highest BCUT2D eigenvalue weighted by molar-refractivity contribution is 6.01. The first-order chi connectivity index (χ1) is 26.9. The highest BCUT2D eigenvalue weighted by Crippen LogP contribution is 2.49.